The summed E-state index contributed by atoms with van der Waals surface area (Å²) in [4.78, 5) is 0. The van der Waals surface area contributed by atoms with Gasteiger partial charge in [0.15, 0.2) is 0 Å². The molecular formula is C18H39ClNO+. The molecule has 0 saturated heterocycles. The van der Waals surface area contributed by atoms with Crippen molar-refractivity contribution < 1.29 is 9.59 Å². The fourth-order valence-electron chi connectivity index (χ4n) is 2.89. The van der Waals surface area contributed by atoms with Gasteiger partial charge in [0.25, 0.3) is 0 Å². The van der Waals surface area contributed by atoms with E-state index in [0.717, 1.165) is 10.9 Å². The van der Waals surface area contributed by atoms with E-state index in [-0.39, 0.29) is 6.10 Å². The third-order valence-electron chi connectivity index (χ3n) is 4.46. The topological polar surface area (TPSA) is 20.2 Å². The Bertz CT molecular complexity index is 228. The van der Waals surface area contributed by atoms with Crippen molar-refractivity contribution in [3.8, 4) is 0 Å². The summed E-state index contributed by atoms with van der Waals surface area (Å²) in [5, 5.41) is 9.79. The van der Waals surface area contributed by atoms with Gasteiger partial charge in [-0.25, -0.2) is 0 Å². The molecule has 1 N–H and O–H groups in total. The van der Waals surface area contributed by atoms with Gasteiger partial charge in [-0.05, 0) is 12.8 Å². The molecule has 0 amide bonds. The molecule has 0 saturated carbocycles. The normalized spacial score (nSPS) is 15.1. The Morgan fingerprint density at radius 3 is 1.76 bits per heavy atom. The molecule has 2 nitrogen and oxygen atoms in total. The maximum Gasteiger partial charge on any atom is 0.0909 e. The van der Waals surface area contributed by atoms with Crippen LogP contribution in [-0.2, 0) is 0 Å². The van der Waals surface area contributed by atoms with Gasteiger partial charge in [-0.3, -0.25) is 0 Å². The molecule has 0 aliphatic heterocycles. The minimum atomic E-state index is -0.354. The highest BCUT2D eigenvalue weighted by Crippen LogP contribution is 2.19. The van der Waals surface area contributed by atoms with Crippen LogP contribution in [0.2, 0.25) is 0 Å². The number of rotatable bonds is 14. The van der Waals surface area contributed by atoms with Crippen LogP contribution in [0.1, 0.15) is 77.6 Å². The Kier molecular flexibility index (Phi) is 12.9. The van der Waals surface area contributed by atoms with Gasteiger partial charge in [0.05, 0.1) is 33.3 Å². The lowest BCUT2D eigenvalue weighted by molar-refractivity contribution is -0.897. The zero-order chi connectivity index (χ0) is 16.1. The number of nitrogens with zero attached hydrogens (tertiary/aromatic N) is 1. The standard InChI is InChI=1S/C18H39ClNO/c1-5-6-7-8-9-10-11-12-13-14-17(20(2,3)4)15-18(21)16-19/h17-18,21H,5-16H2,1-4H3/q+1. The highest BCUT2D eigenvalue weighted by molar-refractivity contribution is 6.18. The first-order valence-electron chi connectivity index (χ1n) is 8.97. The molecule has 21 heavy (non-hydrogen) atoms. The molecule has 0 aliphatic rings. The van der Waals surface area contributed by atoms with E-state index in [9.17, 15) is 5.11 Å². The second-order valence-corrected chi connectivity index (χ2v) is 7.74. The lowest BCUT2D eigenvalue weighted by Crippen LogP contribution is -2.46. The number of hydrogen-bond acceptors (Lipinski definition) is 1. The Morgan fingerprint density at radius 1 is 0.857 bits per heavy atom. The largest absolute Gasteiger partial charge is 0.392 e. The SMILES string of the molecule is CCCCCCCCCCCC(CC(O)CCl)[N+](C)(C)C. The van der Waals surface area contributed by atoms with Crippen molar-refractivity contribution in [2.45, 2.75) is 89.7 Å². The van der Waals surface area contributed by atoms with Gasteiger partial charge in [-0.1, -0.05) is 58.3 Å². The van der Waals surface area contributed by atoms with E-state index in [1.54, 1.807) is 0 Å². The minimum Gasteiger partial charge on any atom is -0.392 e. The monoisotopic (exact) mass is 320 g/mol. The summed E-state index contributed by atoms with van der Waals surface area (Å²) in [6.07, 6.45) is 14.0. The zero-order valence-corrected chi connectivity index (χ0v) is 15.7. The van der Waals surface area contributed by atoms with E-state index >= 15 is 0 Å². The van der Waals surface area contributed by atoms with Gasteiger partial charge < -0.3 is 9.59 Å². The first-order valence-corrected chi connectivity index (χ1v) is 9.50. The smallest absolute Gasteiger partial charge is 0.0909 e. The summed E-state index contributed by atoms with van der Waals surface area (Å²) < 4.78 is 0.922. The lowest BCUT2D eigenvalue weighted by Gasteiger charge is -2.35. The summed E-state index contributed by atoms with van der Waals surface area (Å²) in [6.45, 7) is 2.27. The zero-order valence-electron chi connectivity index (χ0n) is 14.9. The van der Waals surface area contributed by atoms with Crippen LogP contribution in [0.25, 0.3) is 0 Å². The summed E-state index contributed by atoms with van der Waals surface area (Å²) in [7, 11) is 6.66. The Morgan fingerprint density at radius 2 is 1.33 bits per heavy atom. The van der Waals surface area contributed by atoms with E-state index in [2.05, 4.69) is 28.1 Å². The van der Waals surface area contributed by atoms with Crippen LogP contribution in [0.5, 0.6) is 0 Å². The van der Waals surface area contributed by atoms with Crippen molar-refractivity contribution in [3.63, 3.8) is 0 Å². The minimum absolute atomic E-state index is 0.354. The molecule has 2 unspecified atom stereocenters. The van der Waals surface area contributed by atoms with Crippen LogP contribution >= 0.6 is 11.6 Å². The van der Waals surface area contributed by atoms with Crippen LogP contribution in [0.4, 0.5) is 0 Å². The van der Waals surface area contributed by atoms with Crippen LogP contribution in [0.3, 0.4) is 0 Å². The third-order valence-corrected chi connectivity index (χ3v) is 4.81. The second kappa shape index (κ2) is 12.7. The van der Waals surface area contributed by atoms with Crippen molar-refractivity contribution in [1.82, 2.24) is 0 Å². The van der Waals surface area contributed by atoms with Crippen molar-refractivity contribution in [2.24, 2.45) is 0 Å². The average Bonchev–Trinajstić information content (AvgIpc) is 2.42. The van der Waals surface area contributed by atoms with E-state index in [4.69, 9.17) is 11.6 Å². The predicted molar refractivity (Wildman–Crippen MR) is 95.0 cm³/mol. The van der Waals surface area contributed by atoms with Crippen molar-refractivity contribution in [2.75, 3.05) is 27.0 Å². The average molecular weight is 321 g/mol. The quantitative estimate of drug-likeness (QED) is 0.272. The first kappa shape index (κ1) is 21.2. The van der Waals surface area contributed by atoms with Crippen molar-refractivity contribution in [1.29, 1.82) is 0 Å². The van der Waals surface area contributed by atoms with E-state index < -0.39 is 0 Å². The predicted octanol–water partition coefficient (Wildman–Crippen LogP) is 4.97. The van der Waals surface area contributed by atoms with Gasteiger partial charge in [0.1, 0.15) is 0 Å². The lowest BCUT2D eigenvalue weighted by atomic mass is 9.99. The van der Waals surface area contributed by atoms with Crippen molar-refractivity contribution >= 4 is 11.6 Å². The molecule has 3 heteroatoms. The fraction of sp³-hybridized carbons (Fsp3) is 1.00. The first-order chi connectivity index (χ1) is 9.91. The number of aliphatic hydroxyl groups excluding tert-OH is 1. The molecule has 0 aliphatic carbocycles. The summed E-state index contributed by atoms with van der Waals surface area (Å²) >= 11 is 5.74. The van der Waals surface area contributed by atoms with E-state index in [1.165, 1.54) is 64.2 Å². The second-order valence-electron chi connectivity index (χ2n) is 7.43. The summed E-state index contributed by atoms with van der Waals surface area (Å²) in [5.41, 5.74) is 0. The van der Waals surface area contributed by atoms with Crippen LogP contribution < -0.4 is 0 Å². The number of aliphatic hydroxyl groups is 1. The molecule has 0 bridgehead atoms. The third kappa shape index (κ3) is 12.4. The van der Waals surface area contributed by atoms with Crippen LogP contribution in [-0.4, -0.2) is 48.8 Å². The molecular weight excluding hydrogens is 282 g/mol. The maximum atomic E-state index is 9.79. The summed E-state index contributed by atoms with van der Waals surface area (Å²) in [6, 6.07) is 0.517. The molecule has 0 heterocycles. The molecule has 2 atom stereocenters. The highest BCUT2D eigenvalue weighted by Gasteiger charge is 2.25. The Hall–Kier alpha value is 0.210. The molecule has 0 aromatic heterocycles. The van der Waals surface area contributed by atoms with Gasteiger partial charge in [0.2, 0.25) is 0 Å². The van der Waals surface area contributed by atoms with Gasteiger partial charge >= 0.3 is 0 Å². The Labute approximate surface area is 138 Å². The van der Waals surface area contributed by atoms with E-state index in [0.29, 0.717) is 11.9 Å². The number of halogens is 1. The van der Waals surface area contributed by atoms with Gasteiger partial charge in [-0.15, -0.1) is 11.6 Å². The molecule has 0 aromatic rings. The number of unbranched alkanes of at least 4 members (excludes halogenated alkanes) is 8. The number of hydrogen-bond donors (Lipinski definition) is 1. The molecule has 0 radical (unpaired) electrons. The van der Waals surface area contributed by atoms with Gasteiger partial charge in [0, 0.05) is 12.3 Å². The number of quaternary nitrogens is 1. The molecule has 128 valence electrons. The Balaban J connectivity index is 3.69. The van der Waals surface area contributed by atoms with Crippen molar-refractivity contribution in [3.05, 3.63) is 0 Å². The van der Waals surface area contributed by atoms with Gasteiger partial charge in [-0.2, -0.15) is 0 Å². The van der Waals surface area contributed by atoms with Crippen LogP contribution in [0.15, 0.2) is 0 Å². The van der Waals surface area contributed by atoms with E-state index in [1.807, 2.05) is 0 Å². The summed E-state index contributed by atoms with van der Waals surface area (Å²) in [5.74, 6) is 0.355. The van der Waals surface area contributed by atoms with Crippen LogP contribution in [0, 0.1) is 0 Å². The molecule has 0 aromatic carbocycles. The molecule has 0 rings (SSSR count). The molecule has 0 fully saturated rings. The molecule has 0 spiro atoms. The highest BCUT2D eigenvalue weighted by atomic mass is 35.5. The maximum absolute atomic E-state index is 9.79. The fourth-order valence-corrected chi connectivity index (χ4v) is 3.02. The number of alkyl halides is 1.